The van der Waals surface area contributed by atoms with Crippen molar-refractivity contribution in [3.63, 3.8) is 0 Å². The maximum Gasteiger partial charge on any atom is 2.00 e. The van der Waals surface area contributed by atoms with Crippen LogP contribution in [0.2, 0.25) is 0 Å². The van der Waals surface area contributed by atoms with Crippen molar-refractivity contribution in [2.24, 2.45) is 0 Å². The van der Waals surface area contributed by atoms with E-state index in [1.807, 2.05) is 0 Å². The molecule has 0 aromatic rings. The first-order valence-electron chi connectivity index (χ1n) is 0.548. The monoisotopic (exact) mass is 155 g/mol. The van der Waals surface area contributed by atoms with Gasteiger partial charge in [0.05, 0.1) is 0 Å². The molecule has 0 aromatic carbocycles. The Hall–Kier alpha value is 1.18. The van der Waals surface area contributed by atoms with Crippen molar-refractivity contribution < 1.29 is 19.8 Å². The van der Waals surface area contributed by atoms with Crippen molar-refractivity contribution in [1.82, 2.24) is 0 Å². The fourth-order valence-electron chi connectivity index (χ4n) is 0. The standard InChI is InChI=1S/Mg.HO3P.H2O.H3P/c;1-4(2)3;;/h;(H,1,2,3);1H2;1H3/q+2;;;/p-1. The Bertz CT molecular complexity index is 32.7. The van der Waals surface area contributed by atoms with E-state index in [-0.39, 0.29) is 38.4 Å². The molecule has 0 bridgehead atoms. The van der Waals surface area contributed by atoms with Crippen LogP contribution in [0.1, 0.15) is 0 Å². The van der Waals surface area contributed by atoms with E-state index >= 15 is 0 Å². The van der Waals surface area contributed by atoms with Crippen molar-refractivity contribution in [1.29, 1.82) is 0 Å². The zero-order valence-corrected chi connectivity index (χ0v) is 7.31. The van der Waals surface area contributed by atoms with Gasteiger partial charge in [-0.3, -0.25) is 0 Å². The number of hydrogen-bond acceptors (Lipinski definition) is 3. The Balaban J connectivity index is -0.0000000150. The molecule has 0 saturated heterocycles. The van der Waals surface area contributed by atoms with Gasteiger partial charge in [-0.05, 0) is 0 Å². The zero-order valence-electron chi connectivity index (χ0n) is 3.59. The quantitative estimate of drug-likeness (QED) is 0.279. The van der Waals surface area contributed by atoms with Gasteiger partial charge in [0.1, 0.15) is 0 Å². The van der Waals surface area contributed by atoms with Crippen LogP contribution in [-0.2, 0) is 4.57 Å². The predicted octanol–water partition coefficient (Wildman–Crippen LogP) is -2.78. The molecule has 0 spiro atoms. The van der Waals surface area contributed by atoms with Crippen LogP contribution in [0.3, 0.4) is 0 Å². The van der Waals surface area contributed by atoms with E-state index < -0.39 is 8.25 Å². The molecule has 0 aromatic heterocycles. The van der Waals surface area contributed by atoms with E-state index in [1.165, 1.54) is 0 Å². The summed E-state index contributed by atoms with van der Waals surface area (Å²) < 4.78 is 8.48. The maximum absolute atomic E-state index is 8.48. The topological polar surface area (TPSA) is 94.7 Å². The molecule has 0 fully saturated rings. The third-order valence-electron chi connectivity index (χ3n) is 0. The fraction of sp³-hybridized carbons (Fsp3) is 0. The Morgan fingerprint density at radius 2 is 1.29 bits per heavy atom. The zero-order chi connectivity index (χ0) is 3.58. The van der Waals surface area contributed by atoms with Crippen LogP contribution in [0.4, 0.5) is 0 Å². The Kier molecular flexibility index (Phi) is 54.1. The molecule has 0 heterocycles. The maximum atomic E-state index is 8.48. The van der Waals surface area contributed by atoms with Gasteiger partial charge in [-0.1, -0.05) is 4.57 Å². The number of hydrogen-bond donors (Lipinski definition) is 0. The van der Waals surface area contributed by atoms with Crippen molar-refractivity contribution in [3.8, 4) is 0 Å². The molecule has 0 saturated carbocycles. The summed E-state index contributed by atoms with van der Waals surface area (Å²) in [5.74, 6) is 0. The van der Waals surface area contributed by atoms with Crippen LogP contribution in [-0.4, -0.2) is 28.5 Å². The average molecular weight is 155 g/mol. The second kappa shape index (κ2) is 15.7. The van der Waals surface area contributed by atoms with Gasteiger partial charge in [0.15, 0.2) is 0 Å². The van der Waals surface area contributed by atoms with Crippen LogP contribution in [0.15, 0.2) is 0 Å². The first kappa shape index (κ1) is 24.1. The van der Waals surface area contributed by atoms with Gasteiger partial charge in [0.2, 0.25) is 0 Å². The second-order valence-corrected chi connectivity index (χ2v) is 0.671. The molecular formula is H5MgO4P2+. The van der Waals surface area contributed by atoms with Crippen LogP contribution in [0.25, 0.3) is 0 Å². The van der Waals surface area contributed by atoms with E-state index in [0.29, 0.717) is 0 Å². The van der Waals surface area contributed by atoms with Gasteiger partial charge in [-0.15, -0.1) is 0 Å². The van der Waals surface area contributed by atoms with Crippen molar-refractivity contribution >= 4 is 41.2 Å². The van der Waals surface area contributed by atoms with Gasteiger partial charge in [-0.25, -0.2) is 0 Å². The minimum absolute atomic E-state index is 0. The molecule has 0 aliphatic heterocycles. The molecule has 1 unspecified atom stereocenters. The predicted molar refractivity (Wildman–Crippen MR) is 28.1 cm³/mol. The van der Waals surface area contributed by atoms with Crippen LogP contribution < -0.4 is 9.79 Å². The molecule has 40 valence electrons. The van der Waals surface area contributed by atoms with E-state index in [1.54, 1.807) is 0 Å². The Morgan fingerprint density at radius 3 is 1.29 bits per heavy atom. The van der Waals surface area contributed by atoms with E-state index in [4.69, 9.17) is 14.4 Å². The first-order chi connectivity index (χ1) is 1.73. The van der Waals surface area contributed by atoms with Gasteiger partial charge in [0.25, 0.3) is 8.25 Å². The first-order valence-corrected chi connectivity index (χ1v) is 1.64. The van der Waals surface area contributed by atoms with Crippen LogP contribution in [0.5, 0.6) is 0 Å². The summed E-state index contributed by atoms with van der Waals surface area (Å²) in [6.07, 6.45) is 0. The molecular weight excluding hydrogens is 150 g/mol. The summed E-state index contributed by atoms with van der Waals surface area (Å²) in [6, 6.07) is 0. The molecule has 0 aliphatic rings. The molecule has 1 atom stereocenters. The van der Waals surface area contributed by atoms with E-state index in [0.717, 1.165) is 0 Å². The molecule has 0 radical (unpaired) electrons. The van der Waals surface area contributed by atoms with Crippen molar-refractivity contribution in [2.75, 3.05) is 0 Å². The SMILES string of the molecule is O.O=[P+]([O-])[O-].P.[Mg+2]. The molecule has 0 amide bonds. The van der Waals surface area contributed by atoms with Gasteiger partial charge >= 0.3 is 23.1 Å². The summed E-state index contributed by atoms with van der Waals surface area (Å²) in [5, 5.41) is 0. The molecule has 0 aliphatic carbocycles. The normalized spacial score (nSPS) is 3.71. The summed E-state index contributed by atoms with van der Waals surface area (Å²) in [5.41, 5.74) is 0. The van der Waals surface area contributed by atoms with Crippen LogP contribution >= 0.6 is 18.2 Å². The second-order valence-electron chi connectivity index (χ2n) is 0.224. The van der Waals surface area contributed by atoms with Gasteiger partial charge in [-0.2, -0.15) is 9.90 Å². The minimum Gasteiger partial charge on any atom is -0.598 e. The van der Waals surface area contributed by atoms with E-state index in [2.05, 4.69) is 0 Å². The average Bonchev–Trinajstić information content (AvgIpc) is 0.811. The minimum atomic E-state index is -3.37. The summed E-state index contributed by atoms with van der Waals surface area (Å²) in [6.45, 7) is 0. The summed E-state index contributed by atoms with van der Waals surface area (Å²) in [4.78, 5) is 17.0. The Labute approximate surface area is 61.3 Å². The molecule has 0 rings (SSSR count). The molecule has 4 nitrogen and oxygen atoms in total. The fourth-order valence-corrected chi connectivity index (χ4v) is 0. The molecule has 7 heteroatoms. The van der Waals surface area contributed by atoms with Gasteiger partial charge in [0, 0.05) is 0 Å². The number of rotatable bonds is 0. The molecule has 2 N–H and O–H groups in total. The Morgan fingerprint density at radius 1 is 1.29 bits per heavy atom. The smallest absolute Gasteiger partial charge is 0.598 e. The van der Waals surface area contributed by atoms with Crippen molar-refractivity contribution in [3.05, 3.63) is 0 Å². The summed E-state index contributed by atoms with van der Waals surface area (Å²) in [7, 11) is -3.37. The van der Waals surface area contributed by atoms with Gasteiger partial charge < -0.3 is 15.3 Å². The molecule has 7 heavy (non-hydrogen) atoms. The van der Waals surface area contributed by atoms with E-state index in [9.17, 15) is 0 Å². The third kappa shape index (κ3) is 139. The van der Waals surface area contributed by atoms with Crippen molar-refractivity contribution in [2.45, 2.75) is 0 Å². The van der Waals surface area contributed by atoms with Crippen LogP contribution in [0, 0.1) is 0 Å². The summed E-state index contributed by atoms with van der Waals surface area (Å²) >= 11 is 0. The largest absolute Gasteiger partial charge is 2.00 e. The third-order valence-corrected chi connectivity index (χ3v) is 0.